The maximum absolute atomic E-state index is 6.25. The second-order valence-electron chi connectivity index (χ2n) is 7.97. The van der Waals surface area contributed by atoms with Crippen LogP contribution >= 0.6 is 23.1 Å². The highest BCUT2D eigenvalue weighted by molar-refractivity contribution is 8.01. The van der Waals surface area contributed by atoms with E-state index in [-0.39, 0.29) is 24.4 Å². The van der Waals surface area contributed by atoms with E-state index in [9.17, 15) is 0 Å². The number of benzene rings is 1. The monoisotopic (exact) mass is 409 g/mol. The summed E-state index contributed by atoms with van der Waals surface area (Å²) in [5, 5.41) is 0. The summed E-state index contributed by atoms with van der Waals surface area (Å²) in [6.45, 7) is 7.66. The molecule has 0 unspecified atom stereocenters. The fraction of sp³-hybridized carbons (Fsp3) is 0.632. The Kier molecular flexibility index (Phi) is 4.33. The van der Waals surface area contributed by atoms with Gasteiger partial charge in [-0.05, 0) is 39.8 Å². The molecule has 146 valence electrons. The molecule has 4 heterocycles. The highest BCUT2D eigenvalue weighted by Crippen LogP contribution is 2.45. The third kappa shape index (κ3) is 3.42. The predicted octanol–water partition coefficient (Wildman–Crippen LogP) is 3.78. The van der Waals surface area contributed by atoms with E-state index in [4.69, 9.17) is 28.7 Å². The Morgan fingerprint density at radius 3 is 2.48 bits per heavy atom. The zero-order valence-electron chi connectivity index (χ0n) is 15.7. The van der Waals surface area contributed by atoms with Crippen LogP contribution in [-0.2, 0) is 23.7 Å². The number of ether oxygens (including phenoxy) is 5. The van der Waals surface area contributed by atoms with Crippen LogP contribution in [-0.4, -0.2) is 53.0 Å². The van der Waals surface area contributed by atoms with Gasteiger partial charge >= 0.3 is 0 Å². The Morgan fingerprint density at radius 1 is 0.963 bits per heavy atom. The van der Waals surface area contributed by atoms with Crippen LogP contribution < -0.4 is 0 Å². The number of nitrogens with zero attached hydrogens (tertiary/aromatic N) is 1. The Bertz CT molecular complexity index is 820. The molecule has 3 aliphatic rings. The Morgan fingerprint density at radius 2 is 1.67 bits per heavy atom. The molecular weight excluding hydrogens is 386 g/mol. The van der Waals surface area contributed by atoms with Crippen LogP contribution in [0.25, 0.3) is 10.2 Å². The fourth-order valence-corrected chi connectivity index (χ4v) is 6.04. The predicted molar refractivity (Wildman–Crippen MR) is 103 cm³/mol. The lowest BCUT2D eigenvalue weighted by atomic mass is 10.00. The molecule has 0 aliphatic carbocycles. The van der Waals surface area contributed by atoms with Crippen molar-refractivity contribution in [3.05, 3.63) is 24.3 Å². The van der Waals surface area contributed by atoms with Gasteiger partial charge < -0.3 is 23.7 Å². The third-order valence-corrected chi connectivity index (χ3v) is 7.16. The first-order chi connectivity index (χ1) is 12.8. The number of para-hydroxylation sites is 1. The SMILES string of the molecule is CC1(C)O[C@H]2[C@@H](O1)[C@H](CSc1nc3ccccc3s1)O[C@@H]1OC(C)(C)O[C@@H]12. The average Bonchev–Trinajstić information content (AvgIpc) is 3.23. The second-order valence-corrected chi connectivity index (χ2v) is 10.3. The number of rotatable bonds is 3. The molecule has 1 aromatic carbocycles. The molecule has 0 radical (unpaired) electrons. The van der Waals surface area contributed by atoms with Gasteiger partial charge in [0.1, 0.15) is 18.3 Å². The summed E-state index contributed by atoms with van der Waals surface area (Å²) < 4.78 is 32.8. The number of hydrogen-bond donors (Lipinski definition) is 0. The Labute approximate surface area is 166 Å². The van der Waals surface area contributed by atoms with Gasteiger partial charge in [-0.2, -0.15) is 0 Å². The van der Waals surface area contributed by atoms with E-state index in [0.717, 1.165) is 9.86 Å². The van der Waals surface area contributed by atoms with Crippen LogP contribution in [0.15, 0.2) is 28.6 Å². The summed E-state index contributed by atoms with van der Waals surface area (Å²) in [6, 6.07) is 8.18. The number of fused-ring (bicyclic) bond motifs is 4. The standard InChI is InChI=1S/C19H23NO5S2/c1-18(2)22-13-11(9-26-17-20-10-7-5-6-8-12(10)27-17)21-16-15(14(13)23-18)24-19(3,4)25-16/h5-8,11,13-16H,9H2,1-4H3/t11-,13-,14-,15+,16+/m0/s1. The van der Waals surface area contributed by atoms with Crippen molar-refractivity contribution in [2.24, 2.45) is 0 Å². The van der Waals surface area contributed by atoms with Crippen LogP contribution in [0.5, 0.6) is 0 Å². The summed E-state index contributed by atoms with van der Waals surface area (Å²) in [4.78, 5) is 4.70. The third-order valence-electron chi connectivity index (χ3n) is 4.90. The van der Waals surface area contributed by atoms with Gasteiger partial charge in [-0.25, -0.2) is 4.98 Å². The highest BCUT2D eigenvalue weighted by Gasteiger charge is 2.60. The molecule has 0 amide bonds. The van der Waals surface area contributed by atoms with Crippen molar-refractivity contribution in [3.63, 3.8) is 0 Å². The quantitative estimate of drug-likeness (QED) is 0.715. The van der Waals surface area contributed by atoms with E-state index >= 15 is 0 Å². The largest absolute Gasteiger partial charge is 0.343 e. The highest BCUT2D eigenvalue weighted by atomic mass is 32.2. The molecule has 6 nitrogen and oxygen atoms in total. The number of aromatic nitrogens is 1. The van der Waals surface area contributed by atoms with E-state index in [1.807, 2.05) is 45.9 Å². The lowest BCUT2D eigenvalue weighted by molar-refractivity contribution is -0.228. The van der Waals surface area contributed by atoms with E-state index in [1.165, 1.54) is 4.70 Å². The van der Waals surface area contributed by atoms with Gasteiger partial charge in [0, 0.05) is 5.75 Å². The molecule has 3 fully saturated rings. The van der Waals surface area contributed by atoms with Crippen molar-refractivity contribution >= 4 is 33.3 Å². The number of thiazole rings is 1. The minimum Gasteiger partial charge on any atom is -0.343 e. The van der Waals surface area contributed by atoms with Crippen molar-refractivity contribution < 1.29 is 23.7 Å². The second kappa shape index (κ2) is 6.38. The minimum atomic E-state index is -0.689. The first-order valence-corrected chi connectivity index (χ1v) is 10.9. The molecule has 5 atom stereocenters. The van der Waals surface area contributed by atoms with Crippen molar-refractivity contribution in [1.82, 2.24) is 4.98 Å². The van der Waals surface area contributed by atoms with Crippen LogP contribution in [0.1, 0.15) is 27.7 Å². The topological polar surface area (TPSA) is 59.0 Å². The average molecular weight is 410 g/mol. The first kappa shape index (κ1) is 18.3. The summed E-state index contributed by atoms with van der Waals surface area (Å²) in [5.41, 5.74) is 1.03. The van der Waals surface area contributed by atoms with Crippen LogP contribution in [0.3, 0.4) is 0 Å². The van der Waals surface area contributed by atoms with Gasteiger partial charge in [0.05, 0.1) is 16.3 Å². The van der Waals surface area contributed by atoms with Crippen molar-refractivity contribution in [2.75, 3.05) is 5.75 Å². The molecule has 1 aromatic heterocycles. The Balaban J connectivity index is 1.35. The van der Waals surface area contributed by atoms with Gasteiger partial charge in [-0.1, -0.05) is 23.9 Å². The van der Waals surface area contributed by atoms with Crippen LogP contribution in [0, 0.1) is 0 Å². The van der Waals surface area contributed by atoms with Gasteiger partial charge in [-0.15, -0.1) is 11.3 Å². The summed E-state index contributed by atoms with van der Waals surface area (Å²) in [6.07, 6.45) is -1.29. The summed E-state index contributed by atoms with van der Waals surface area (Å²) in [5.74, 6) is -0.638. The van der Waals surface area contributed by atoms with Gasteiger partial charge in [-0.3, -0.25) is 0 Å². The zero-order chi connectivity index (χ0) is 18.8. The number of thioether (sulfide) groups is 1. The number of hydrogen-bond acceptors (Lipinski definition) is 8. The van der Waals surface area contributed by atoms with E-state index in [2.05, 4.69) is 6.07 Å². The minimum absolute atomic E-state index is 0.160. The van der Waals surface area contributed by atoms with Gasteiger partial charge in [0.2, 0.25) is 0 Å². The molecule has 0 N–H and O–H groups in total. The lowest BCUT2D eigenvalue weighted by Crippen LogP contribution is -2.55. The summed E-state index contributed by atoms with van der Waals surface area (Å²) in [7, 11) is 0. The summed E-state index contributed by atoms with van der Waals surface area (Å²) >= 11 is 3.38. The maximum Gasteiger partial charge on any atom is 0.190 e. The van der Waals surface area contributed by atoms with Crippen molar-refractivity contribution in [3.8, 4) is 0 Å². The zero-order valence-corrected chi connectivity index (χ0v) is 17.3. The van der Waals surface area contributed by atoms with E-state index in [0.29, 0.717) is 5.75 Å². The van der Waals surface area contributed by atoms with E-state index < -0.39 is 17.9 Å². The molecule has 5 rings (SSSR count). The van der Waals surface area contributed by atoms with Gasteiger partial charge in [0.25, 0.3) is 0 Å². The molecule has 27 heavy (non-hydrogen) atoms. The molecule has 2 aromatic rings. The van der Waals surface area contributed by atoms with Crippen LogP contribution in [0.2, 0.25) is 0 Å². The molecule has 3 aliphatic heterocycles. The normalized spacial score (nSPS) is 36.7. The first-order valence-electron chi connectivity index (χ1n) is 9.15. The Hall–Kier alpha value is -0.740. The van der Waals surface area contributed by atoms with Crippen molar-refractivity contribution in [1.29, 1.82) is 0 Å². The van der Waals surface area contributed by atoms with E-state index in [1.54, 1.807) is 23.1 Å². The fourth-order valence-electron chi connectivity index (χ4n) is 3.89. The molecule has 3 saturated heterocycles. The smallest absolute Gasteiger partial charge is 0.190 e. The lowest BCUT2D eigenvalue weighted by Gasteiger charge is -2.37. The maximum atomic E-state index is 6.25. The van der Waals surface area contributed by atoms with Crippen LogP contribution in [0.4, 0.5) is 0 Å². The molecule has 0 saturated carbocycles. The molecule has 8 heteroatoms. The van der Waals surface area contributed by atoms with Gasteiger partial charge in [0.15, 0.2) is 22.2 Å². The van der Waals surface area contributed by atoms with Crippen molar-refractivity contribution in [2.45, 2.75) is 74.3 Å². The molecule has 0 bridgehead atoms. The molecular formula is C19H23NO5S2. The molecule has 0 spiro atoms.